The molecule has 88 valence electrons. The van der Waals surface area contributed by atoms with Crippen molar-refractivity contribution < 1.29 is 4.74 Å². The number of pyridine rings is 1. The Labute approximate surface area is 114 Å². The normalized spacial score (nSPS) is 10.3. The van der Waals surface area contributed by atoms with Gasteiger partial charge in [0, 0.05) is 21.8 Å². The van der Waals surface area contributed by atoms with E-state index in [1.54, 1.807) is 30.5 Å². The van der Waals surface area contributed by atoms with Crippen LogP contribution in [-0.4, -0.2) is 4.98 Å². The van der Waals surface area contributed by atoms with Gasteiger partial charge in [0.25, 0.3) is 0 Å². The summed E-state index contributed by atoms with van der Waals surface area (Å²) in [6.45, 7) is 0. The summed E-state index contributed by atoms with van der Waals surface area (Å²) >= 11 is 17.5. The lowest BCUT2D eigenvalue weighted by molar-refractivity contribution is 0.458. The highest BCUT2D eigenvalue weighted by Gasteiger charge is 2.06. The van der Waals surface area contributed by atoms with Crippen LogP contribution in [0, 0.1) is 0 Å². The smallest absolute Gasteiger partial charge is 0.223 e. The van der Waals surface area contributed by atoms with Gasteiger partial charge in [-0.3, -0.25) is 0 Å². The topological polar surface area (TPSA) is 22.1 Å². The maximum absolute atomic E-state index is 5.88. The SMILES string of the molecule is ClCc1cccnc1Oc1cc(Cl)cc(Cl)c1. The zero-order valence-corrected chi connectivity index (χ0v) is 10.9. The van der Waals surface area contributed by atoms with Crippen LogP contribution in [0.5, 0.6) is 11.6 Å². The molecule has 0 atom stereocenters. The van der Waals surface area contributed by atoms with E-state index in [-0.39, 0.29) is 0 Å². The van der Waals surface area contributed by atoms with Crippen molar-refractivity contribution in [3.8, 4) is 11.6 Å². The highest BCUT2D eigenvalue weighted by molar-refractivity contribution is 6.34. The first-order valence-corrected chi connectivity index (χ1v) is 6.12. The molecule has 0 saturated heterocycles. The molecule has 0 amide bonds. The molecule has 0 aliphatic rings. The number of hydrogen-bond donors (Lipinski definition) is 0. The quantitative estimate of drug-likeness (QED) is 0.748. The van der Waals surface area contributed by atoms with Crippen LogP contribution in [0.3, 0.4) is 0 Å². The molecule has 0 aliphatic carbocycles. The monoisotopic (exact) mass is 287 g/mol. The van der Waals surface area contributed by atoms with Crippen LogP contribution in [0.4, 0.5) is 0 Å². The average molecular weight is 289 g/mol. The summed E-state index contributed by atoms with van der Waals surface area (Å²) in [7, 11) is 0. The molecule has 0 N–H and O–H groups in total. The van der Waals surface area contributed by atoms with Gasteiger partial charge in [-0.05, 0) is 24.3 Å². The highest BCUT2D eigenvalue weighted by atomic mass is 35.5. The van der Waals surface area contributed by atoms with Gasteiger partial charge in [-0.2, -0.15) is 0 Å². The van der Waals surface area contributed by atoms with Gasteiger partial charge in [0.05, 0.1) is 5.88 Å². The number of halogens is 3. The Bertz CT molecular complexity index is 511. The molecule has 0 saturated carbocycles. The number of alkyl halides is 1. The second kappa shape index (κ2) is 5.58. The summed E-state index contributed by atoms with van der Waals surface area (Å²) in [4.78, 5) is 4.11. The summed E-state index contributed by atoms with van der Waals surface area (Å²) < 4.78 is 5.60. The maximum Gasteiger partial charge on any atom is 0.223 e. The summed E-state index contributed by atoms with van der Waals surface area (Å²) in [5.74, 6) is 1.32. The van der Waals surface area contributed by atoms with Crippen molar-refractivity contribution in [2.75, 3.05) is 0 Å². The van der Waals surface area contributed by atoms with Gasteiger partial charge in [0.15, 0.2) is 0 Å². The number of benzene rings is 1. The van der Waals surface area contributed by atoms with E-state index in [1.165, 1.54) is 0 Å². The first-order valence-electron chi connectivity index (χ1n) is 4.83. The number of ether oxygens (including phenoxy) is 1. The molecule has 1 heterocycles. The molecule has 0 radical (unpaired) electrons. The molecule has 2 aromatic rings. The Morgan fingerprint density at radius 2 is 1.82 bits per heavy atom. The number of rotatable bonds is 3. The Kier molecular flexibility index (Phi) is 4.11. The van der Waals surface area contributed by atoms with Crippen molar-refractivity contribution in [3.05, 3.63) is 52.1 Å². The van der Waals surface area contributed by atoms with Crippen molar-refractivity contribution >= 4 is 34.8 Å². The second-order valence-electron chi connectivity index (χ2n) is 3.31. The molecule has 2 rings (SSSR count). The molecule has 0 unspecified atom stereocenters. The van der Waals surface area contributed by atoms with Gasteiger partial charge in [0.2, 0.25) is 5.88 Å². The Balaban J connectivity index is 2.31. The third kappa shape index (κ3) is 3.25. The van der Waals surface area contributed by atoms with Crippen LogP contribution in [0.25, 0.3) is 0 Å². The minimum atomic E-state index is 0.331. The second-order valence-corrected chi connectivity index (χ2v) is 4.45. The maximum atomic E-state index is 5.88. The van der Waals surface area contributed by atoms with E-state index in [0.717, 1.165) is 5.56 Å². The third-order valence-electron chi connectivity index (χ3n) is 2.04. The zero-order chi connectivity index (χ0) is 12.3. The van der Waals surface area contributed by atoms with Crippen LogP contribution in [0.15, 0.2) is 36.5 Å². The van der Waals surface area contributed by atoms with Gasteiger partial charge < -0.3 is 4.74 Å². The van der Waals surface area contributed by atoms with E-state index in [4.69, 9.17) is 39.5 Å². The van der Waals surface area contributed by atoms with E-state index in [2.05, 4.69) is 4.98 Å². The lowest BCUT2D eigenvalue weighted by atomic mass is 10.3. The molecule has 17 heavy (non-hydrogen) atoms. The largest absolute Gasteiger partial charge is 0.439 e. The first kappa shape index (κ1) is 12.5. The summed E-state index contributed by atoms with van der Waals surface area (Å²) in [6, 6.07) is 8.62. The average Bonchev–Trinajstić information content (AvgIpc) is 2.28. The van der Waals surface area contributed by atoms with Gasteiger partial charge >= 0.3 is 0 Å². The van der Waals surface area contributed by atoms with Crippen molar-refractivity contribution in [1.82, 2.24) is 4.98 Å². The van der Waals surface area contributed by atoms with Gasteiger partial charge in [-0.15, -0.1) is 11.6 Å². The number of aromatic nitrogens is 1. The summed E-state index contributed by atoms with van der Waals surface area (Å²) in [5, 5.41) is 1.02. The minimum absolute atomic E-state index is 0.331. The van der Waals surface area contributed by atoms with Crippen LogP contribution < -0.4 is 4.74 Å². The standard InChI is InChI=1S/C12H8Cl3NO/c13-7-8-2-1-3-16-12(8)17-11-5-9(14)4-10(15)6-11/h1-6H,7H2. The summed E-state index contributed by atoms with van der Waals surface area (Å²) in [5.41, 5.74) is 0.810. The van der Waals surface area contributed by atoms with Crippen LogP contribution in [0.1, 0.15) is 5.56 Å². The molecule has 0 fully saturated rings. The predicted octanol–water partition coefficient (Wildman–Crippen LogP) is 4.92. The van der Waals surface area contributed by atoms with E-state index < -0.39 is 0 Å². The van der Waals surface area contributed by atoms with E-state index >= 15 is 0 Å². The van der Waals surface area contributed by atoms with Crippen molar-refractivity contribution in [3.63, 3.8) is 0 Å². The van der Waals surface area contributed by atoms with Gasteiger partial charge in [-0.1, -0.05) is 29.3 Å². The number of hydrogen-bond acceptors (Lipinski definition) is 2. The molecule has 0 bridgehead atoms. The van der Waals surface area contributed by atoms with E-state index in [0.29, 0.717) is 27.6 Å². The zero-order valence-electron chi connectivity index (χ0n) is 8.66. The minimum Gasteiger partial charge on any atom is -0.439 e. The first-order chi connectivity index (χ1) is 8.19. The van der Waals surface area contributed by atoms with E-state index in [9.17, 15) is 0 Å². The fraction of sp³-hybridized carbons (Fsp3) is 0.0833. The van der Waals surface area contributed by atoms with Crippen molar-refractivity contribution in [2.45, 2.75) is 5.88 Å². The molecule has 0 aliphatic heterocycles. The Hall–Kier alpha value is -0.960. The van der Waals surface area contributed by atoms with E-state index in [1.807, 2.05) is 6.07 Å². The molecule has 0 spiro atoms. The fourth-order valence-corrected chi connectivity index (χ4v) is 2.03. The van der Waals surface area contributed by atoms with Crippen LogP contribution in [0.2, 0.25) is 10.0 Å². The molecular formula is C12H8Cl3NO. The Morgan fingerprint density at radius 3 is 2.47 bits per heavy atom. The lowest BCUT2D eigenvalue weighted by Crippen LogP contribution is -1.92. The molecule has 5 heteroatoms. The number of nitrogens with zero attached hydrogens (tertiary/aromatic N) is 1. The third-order valence-corrected chi connectivity index (χ3v) is 2.77. The molecular weight excluding hydrogens is 280 g/mol. The van der Waals surface area contributed by atoms with Crippen molar-refractivity contribution in [1.29, 1.82) is 0 Å². The predicted molar refractivity (Wildman–Crippen MR) is 70.3 cm³/mol. The van der Waals surface area contributed by atoms with Crippen LogP contribution >= 0.6 is 34.8 Å². The van der Waals surface area contributed by atoms with Crippen LogP contribution in [-0.2, 0) is 5.88 Å². The van der Waals surface area contributed by atoms with Gasteiger partial charge in [-0.25, -0.2) is 4.98 Å². The lowest BCUT2D eigenvalue weighted by Gasteiger charge is -2.08. The van der Waals surface area contributed by atoms with Gasteiger partial charge in [0.1, 0.15) is 5.75 Å². The Morgan fingerprint density at radius 1 is 1.12 bits per heavy atom. The molecule has 2 nitrogen and oxygen atoms in total. The fourth-order valence-electron chi connectivity index (χ4n) is 1.32. The van der Waals surface area contributed by atoms with Crippen molar-refractivity contribution in [2.24, 2.45) is 0 Å². The summed E-state index contributed by atoms with van der Waals surface area (Å²) in [6.07, 6.45) is 1.64. The molecule has 1 aromatic carbocycles. The molecule has 1 aromatic heterocycles. The highest BCUT2D eigenvalue weighted by Crippen LogP contribution is 2.29.